The highest BCUT2D eigenvalue weighted by Crippen LogP contribution is 2.27. The minimum atomic E-state index is 0.152. The molecular weight excluding hydrogens is 248 g/mol. The Balaban J connectivity index is 2.01. The monoisotopic (exact) mass is 268 g/mol. The summed E-state index contributed by atoms with van der Waals surface area (Å²) in [6, 6.07) is 10.4. The molecule has 1 atom stereocenters. The van der Waals surface area contributed by atoms with Gasteiger partial charge in [0.2, 0.25) is 0 Å². The molecule has 4 nitrogen and oxygen atoms in total. The van der Waals surface area contributed by atoms with Crippen molar-refractivity contribution in [3.8, 4) is 0 Å². The summed E-state index contributed by atoms with van der Waals surface area (Å²) in [5.74, 6) is 0. The third kappa shape index (κ3) is 2.71. The molecule has 3 heterocycles. The first-order chi connectivity index (χ1) is 9.86. The molecule has 1 fully saturated rings. The van der Waals surface area contributed by atoms with E-state index in [1.807, 2.05) is 24.5 Å². The second-order valence-electron chi connectivity index (χ2n) is 5.15. The summed E-state index contributed by atoms with van der Waals surface area (Å²) < 4.78 is 0. The van der Waals surface area contributed by atoms with Crippen LogP contribution in [-0.4, -0.2) is 41.0 Å². The van der Waals surface area contributed by atoms with Gasteiger partial charge in [-0.3, -0.25) is 14.9 Å². The minimum Gasteiger partial charge on any atom is -0.314 e. The van der Waals surface area contributed by atoms with E-state index in [0.717, 1.165) is 37.6 Å². The molecule has 104 valence electrons. The number of aryl methyl sites for hydroxylation is 1. The standard InChI is InChI=1S/C16H20N4/c1-13-5-4-8-19-15(13)16(14-6-2-3-7-18-14)20-11-9-17-10-12-20/h2-8,16-17H,9-12H2,1H3. The van der Waals surface area contributed by atoms with Gasteiger partial charge in [0.05, 0.1) is 17.4 Å². The number of nitrogens with one attached hydrogen (secondary N) is 1. The van der Waals surface area contributed by atoms with Crippen molar-refractivity contribution in [2.24, 2.45) is 0 Å². The van der Waals surface area contributed by atoms with Crippen LogP contribution in [0.25, 0.3) is 0 Å². The topological polar surface area (TPSA) is 41.1 Å². The Bertz CT molecular complexity index is 549. The second kappa shape index (κ2) is 6.11. The van der Waals surface area contributed by atoms with Gasteiger partial charge in [0, 0.05) is 38.6 Å². The summed E-state index contributed by atoms with van der Waals surface area (Å²) in [5, 5.41) is 3.40. The van der Waals surface area contributed by atoms with Crippen LogP contribution in [0.2, 0.25) is 0 Å². The molecule has 1 aliphatic rings. The Morgan fingerprint density at radius 3 is 2.55 bits per heavy atom. The number of aromatic nitrogens is 2. The summed E-state index contributed by atoms with van der Waals surface area (Å²) in [4.78, 5) is 11.7. The number of pyridine rings is 2. The van der Waals surface area contributed by atoms with E-state index in [2.05, 4.69) is 45.3 Å². The fourth-order valence-corrected chi connectivity index (χ4v) is 2.76. The summed E-state index contributed by atoms with van der Waals surface area (Å²) >= 11 is 0. The molecule has 0 amide bonds. The molecule has 0 aliphatic carbocycles. The molecule has 0 radical (unpaired) electrons. The average Bonchev–Trinajstić information content (AvgIpc) is 2.52. The smallest absolute Gasteiger partial charge is 0.0953 e. The summed E-state index contributed by atoms with van der Waals surface area (Å²) in [5.41, 5.74) is 3.42. The van der Waals surface area contributed by atoms with Crippen LogP contribution in [0.1, 0.15) is 23.0 Å². The van der Waals surface area contributed by atoms with Crippen LogP contribution >= 0.6 is 0 Å². The molecule has 1 saturated heterocycles. The molecular formula is C16H20N4. The number of nitrogens with zero attached hydrogens (tertiary/aromatic N) is 3. The van der Waals surface area contributed by atoms with Gasteiger partial charge in [-0.05, 0) is 30.7 Å². The zero-order valence-corrected chi connectivity index (χ0v) is 11.8. The van der Waals surface area contributed by atoms with Crippen LogP contribution in [0.15, 0.2) is 42.7 Å². The van der Waals surface area contributed by atoms with Crippen molar-refractivity contribution in [2.45, 2.75) is 13.0 Å². The predicted molar refractivity (Wildman–Crippen MR) is 79.5 cm³/mol. The molecule has 0 aromatic carbocycles. The molecule has 4 heteroatoms. The van der Waals surface area contributed by atoms with E-state index in [1.54, 1.807) is 0 Å². The fourth-order valence-electron chi connectivity index (χ4n) is 2.76. The lowest BCUT2D eigenvalue weighted by atomic mass is 10.0. The lowest BCUT2D eigenvalue weighted by Gasteiger charge is -2.34. The van der Waals surface area contributed by atoms with Crippen LogP contribution in [0.4, 0.5) is 0 Å². The Labute approximate surface area is 119 Å². The van der Waals surface area contributed by atoms with E-state index in [9.17, 15) is 0 Å². The van der Waals surface area contributed by atoms with Gasteiger partial charge in [-0.15, -0.1) is 0 Å². The lowest BCUT2D eigenvalue weighted by molar-refractivity contribution is 0.192. The minimum absolute atomic E-state index is 0.152. The van der Waals surface area contributed by atoms with Crippen LogP contribution in [0.5, 0.6) is 0 Å². The first kappa shape index (κ1) is 13.2. The molecule has 1 unspecified atom stereocenters. The molecule has 0 bridgehead atoms. The highest BCUT2D eigenvalue weighted by Gasteiger charge is 2.26. The van der Waals surface area contributed by atoms with Gasteiger partial charge < -0.3 is 5.32 Å². The maximum Gasteiger partial charge on any atom is 0.0953 e. The SMILES string of the molecule is Cc1cccnc1C(c1ccccn1)N1CCNCC1. The summed E-state index contributed by atoms with van der Waals surface area (Å²) in [6.07, 6.45) is 3.74. The number of piperazine rings is 1. The van der Waals surface area contributed by atoms with Crippen LogP contribution in [-0.2, 0) is 0 Å². The molecule has 1 aliphatic heterocycles. The van der Waals surface area contributed by atoms with Gasteiger partial charge in [0.1, 0.15) is 0 Å². The van der Waals surface area contributed by atoms with Gasteiger partial charge in [-0.1, -0.05) is 12.1 Å². The first-order valence-corrected chi connectivity index (χ1v) is 7.13. The summed E-state index contributed by atoms with van der Waals surface area (Å²) in [6.45, 7) is 6.22. The van der Waals surface area contributed by atoms with Gasteiger partial charge in [-0.25, -0.2) is 0 Å². The highest BCUT2D eigenvalue weighted by molar-refractivity contribution is 5.28. The predicted octanol–water partition coefficient (Wildman–Crippen LogP) is 1.78. The molecule has 2 aromatic heterocycles. The largest absolute Gasteiger partial charge is 0.314 e. The number of hydrogen-bond donors (Lipinski definition) is 1. The van der Waals surface area contributed by atoms with Gasteiger partial charge in [-0.2, -0.15) is 0 Å². The maximum absolute atomic E-state index is 4.63. The zero-order valence-electron chi connectivity index (χ0n) is 11.8. The van der Waals surface area contributed by atoms with E-state index >= 15 is 0 Å². The van der Waals surface area contributed by atoms with Crippen molar-refractivity contribution in [1.29, 1.82) is 0 Å². The third-order valence-corrected chi connectivity index (χ3v) is 3.79. The van der Waals surface area contributed by atoms with Crippen molar-refractivity contribution < 1.29 is 0 Å². The fraction of sp³-hybridized carbons (Fsp3) is 0.375. The van der Waals surface area contributed by atoms with Gasteiger partial charge >= 0.3 is 0 Å². The second-order valence-corrected chi connectivity index (χ2v) is 5.15. The van der Waals surface area contributed by atoms with E-state index in [-0.39, 0.29) is 6.04 Å². The number of hydrogen-bond acceptors (Lipinski definition) is 4. The van der Waals surface area contributed by atoms with Gasteiger partial charge in [0.25, 0.3) is 0 Å². The van der Waals surface area contributed by atoms with Gasteiger partial charge in [0.15, 0.2) is 0 Å². The van der Waals surface area contributed by atoms with Crippen molar-refractivity contribution >= 4 is 0 Å². The number of rotatable bonds is 3. The average molecular weight is 268 g/mol. The normalized spacial score (nSPS) is 17.9. The molecule has 3 rings (SSSR count). The maximum atomic E-state index is 4.63. The Morgan fingerprint density at radius 1 is 1.05 bits per heavy atom. The zero-order chi connectivity index (χ0) is 13.8. The van der Waals surface area contributed by atoms with Crippen LogP contribution < -0.4 is 5.32 Å². The Hall–Kier alpha value is -1.78. The molecule has 20 heavy (non-hydrogen) atoms. The van der Waals surface area contributed by atoms with Crippen LogP contribution in [0, 0.1) is 6.92 Å². The van der Waals surface area contributed by atoms with Crippen molar-refractivity contribution in [3.05, 3.63) is 59.7 Å². The Kier molecular flexibility index (Phi) is 4.04. The molecule has 0 spiro atoms. The van der Waals surface area contributed by atoms with Crippen molar-refractivity contribution in [2.75, 3.05) is 26.2 Å². The van der Waals surface area contributed by atoms with E-state index < -0.39 is 0 Å². The highest BCUT2D eigenvalue weighted by atomic mass is 15.2. The van der Waals surface area contributed by atoms with E-state index in [1.165, 1.54) is 5.56 Å². The van der Waals surface area contributed by atoms with Crippen molar-refractivity contribution in [1.82, 2.24) is 20.2 Å². The van der Waals surface area contributed by atoms with Crippen LogP contribution in [0.3, 0.4) is 0 Å². The molecule has 2 aromatic rings. The molecule has 1 N–H and O–H groups in total. The third-order valence-electron chi connectivity index (χ3n) is 3.79. The van der Waals surface area contributed by atoms with E-state index in [0.29, 0.717) is 0 Å². The lowest BCUT2D eigenvalue weighted by Crippen LogP contribution is -2.46. The van der Waals surface area contributed by atoms with E-state index in [4.69, 9.17) is 0 Å². The summed E-state index contributed by atoms with van der Waals surface area (Å²) in [7, 11) is 0. The Morgan fingerprint density at radius 2 is 1.85 bits per heavy atom. The quantitative estimate of drug-likeness (QED) is 0.921. The molecule has 0 saturated carbocycles. The van der Waals surface area contributed by atoms with Crippen molar-refractivity contribution in [3.63, 3.8) is 0 Å². The first-order valence-electron chi connectivity index (χ1n) is 7.13.